The van der Waals surface area contributed by atoms with Crippen molar-refractivity contribution >= 4 is 11.8 Å². The molecule has 0 unspecified atom stereocenters. The number of nitrogens with one attached hydrogen (secondary N) is 1. The molecule has 0 aromatic heterocycles. The molecule has 0 radical (unpaired) electrons. The molecule has 1 saturated carbocycles. The van der Waals surface area contributed by atoms with Gasteiger partial charge >= 0.3 is 0 Å². The average molecular weight is 330 g/mol. The van der Waals surface area contributed by atoms with Gasteiger partial charge in [-0.15, -0.1) is 0 Å². The van der Waals surface area contributed by atoms with E-state index in [-0.39, 0.29) is 17.9 Å². The van der Waals surface area contributed by atoms with Crippen molar-refractivity contribution in [1.82, 2.24) is 10.2 Å². The molecular weight excluding hydrogens is 300 g/mol. The topological polar surface area (TPSA) is 49.4 Å². The van der Waals surface area contributed by atoms with Gasteiger partial charge in [0.05, 0.1) is 0 Å². The van der Waals surface area contributed by atoms with Crippen LogP contribution >= 0.6 is 0 Å². The monoisotopic (exact) mass is 330 g/mol. The molecule has 1 fully saturated rings. The summed E-state index contributed by atoms with van der Waals surface area (Å²) in [5, 5.41) is 3.12. The van der Waals surface area contributed by atoms with Crippen LogP contribution in [0.3, 0.4) is 0 Å². The Hall–Kier alpha value is -1.84. The first kappa shape index (κ1) is 18.5. The quantitative estimate of drug-likeness (QED) is 0.795. The van der Waals surface area contributed by atoms with E-state index in [9.17, 15) is 9.59 Å². The Morgan fingerprint density at radius 1 is 1.21 bits per heavy atom. The lowest BCUT2D eigenvalue weighted by atomic mass is 10.1. The van der Waals surface area contributed by atoms with Gasteiger partial charge < -0.3 is 10.2 Å². The van der Waals surface area contributed by atoms with Crippen LogP contribution in [0.4, 0.5) is 0 Å². The maximum absolute atomic E-state index is 12.6. The smallest absolute Gasteiger partial charge is 0.242 e. The van der Waals surface area contributed by atoms with E-state index in [4.69, 9.17) is 0 Å². The Bertz CT molecular complexity index is 524. The molecular formula is C20H30N2O2. The SMILES string of the molecule is CCCC(=O)N(CCc1ccccc1)[C@H](C)C(=O)NC1CCCC1. The van der Waals surface area contributed by atoms with E-state index in [0.717, 1.165) is 25.7 Å². The van der Waals surface area contributed by atoms with Crippen molar-refractivity contribution in [3.63, 3.8) is 0 Å². The van der Waals surface area contributed by atoms with Crippen molar-refractivity contribution in [2.24, 2.45) is 0 Å². The van der Waals surface area contributed by atoms with Crippen molar-refractivity contribution in [1.29, 1.82) is 0 Å². The molecule has 132 valence electrons. The van der Waals surface area contributed by atoms with Crippen LogP contribution in [0.5, 0.6) is 0 Å². The number of amides is 2. The Morgan fingerprint density at radius 3 is 2.50 bits per heavy atom. The van der Waals surface area contributed by atoms with Crippen molar-refractivity contribution < 1.29 is 9.59 Å². The normalized spacial score (nSPS) is 15.9. The van der Waals surface area contributed by atoms with Crippen LogP contribution in [0.15, 0.2) is 30.3 Å². The predicted octanol–water partition coefficient (Wildman–Crippen LogP) is 3.31. The molecule has 4 nitrogen and oxygen atoms in total. The number of benzene rings is 1. The molecule has 1 aliphatic rings. The maximum atomic E-state index is 12.6. The van der Waals surface area contributed by atoms with E-state index >= 15 is 0 Å². The molecule has 1 aliphatic carbocycles. The molecule has 0 aliphatic heterocycles. The van der Waals surface area contributed by atoms with Gasteiger partial charge in [-0.05, 0) is 38.2 Å². The summed E-state index contributed by atoms with van der Waals surface area (Å²) in [5.41, 5.74) is 1.19. The van der Waals surface area contributed by atoms with Crippen molar-refractivity contribution in [3.05, 3.63) is 35.9 Å². The molecule has 4 heteroatoms. The summed E-state index contributed by atoms with van der Waals surface area (Å²) in [6.45, 7) is 4.43. The summed E-state index contributed by atoms with van der Waals surface area (Å²) in [6.07, 6.45) is 6.57. The predicted molar refractivity (Wildman–Crippen MR) is 96.6 cm³/mol. The van der Waals surface area contributed by atoms with Gasteiger partial charge in [-0.25, -0.2) is 0 Å². The van der Waals surface area contributed by atoms with Gasteiger partial charge in [-0.2, -0.15) is 0 Å². The van der Waals surface area contributed by atoms with Gasteiger partial charge in [0, 0.05) is 19.0 Å². The highest BCUT2D eigenvalue weighted by molar-refractivity contribution is 5.87. The van der Waals surface area contributed by atoms with Crippen LogP contribution in [-0.4, -0.2) is 35.3 Å². The summed E-state index contributed by atoms with van der Waals surface area (Å²) in [6, 6.07) is 10.00. The van der Waals surface area contributed by atoms with E-state index in [2.05, 4.69) is 17.4 Å². The van der Waals surface area contributed by atoms with Crippen molar-refractivity contribution in [2.45, 2.75) is 70.9 Å². The van der Waals surface area contributed by atoms with Gasteiger partial charge in [-0.3, -0.25) is 9.59 Å². The molecule has 1 N–H and O–H groups in total. The van der Waals surface area contributed by atoms with Crippen LogP contribution in [0, 0.1) is 0 Å². The number of carbonyl (C=O) groups is 2. The van der Waals surface area contributed by atoms with E-state index in [1.165, 1.54) is 18.4 Å². The van der Waals surface area contributed by atoms with Crippen LogP contribution in [0.25, 0.3) is 0 Å². The van der Waals surface area contributed by atoms with Crippen LogP contribution in [-0.2, 0) is 16.0 Å². The lowest BCUT2D eigenvalue weighted by molar-refractivity contribution is -0.140. The third kappa shape index (κ3) is 5.36. The lowest BCUT2D eigenvalue weighted by Gasteiger charge is -2.29. The molecule has 1 atom stereocenters. The van der Waals surface area contributed by atoms with Crippen molar-refractivity contribution in [3.8, 4) is 0 Å². The van der Waals surface area contributed by atoms with Crippen LogP contribution in [0.2, 0.25) is 0 Å². The van der Waals surface area contributed by atoms with Gasteiger partial charge in [0.15, 0.2) is 0 Å². The van der Waals surface area contributed by atoms with Crippen molar-refractivity contribution in [2.75, 3.05) is 6.54 Å². The second-order valence-corrected chi connectivity index (χ2v) is 6.74. The molecule has 2 amide bonds. The third-order valence-electron chi connectivity index (χ3n) is 4.82. The Balaban J connectivity index is 1.97. The Kier molecular flexibility index (Phi) is 7.29. The average Bonchev–Trinajstić information content (AvgIpc) is 3.09. The molecule has 1 aromatic rings. The second kappa shape index (κ2) is 9.45. The highest BCUT2D eigenvalue weighted by atomic mass is 16.2. The summed E-state index contributed by atoms with van der Waals surface area (Å²) >= 11 is 0. The molecule has 0 spiro atoms. The zero-order valence-electron chi connectivity index (χ0n) is 15.0. The molecule has 24 heavy (non-hydrogen) atoms. The summed E-state index contributed by atoms with van der Waals surface area (Å²) in [7, 11) is 0. The largest absolute Gasteiger partial charge is 0.352 e. The van der Waals surface area contributed by atoms with Gasteiger partial charge in [-0.1, -0.05) is 50.1 Å². The zero-order valence-corrected chi connectivity index (χ0v) is 15.0. The zero-order chi connectivity index (χ0) is 17.4. The molecule has 1 aromatic carbocycles. The second-order valence-electron chi connectivity index (χ2n) is 6.74. The molecule has 0 saturated heterocycles. The fourth-order valence-corrected chi connectivity index (χ4v) is 3.32. The standard InChI is InChI=1S/C20H30N2O2/c1-3-9-19(23)22(15-14-17-10-5-4-6-11-17)16(2)20(24)21-18-12-7-8-13-18/h4-6,10-11,16,18H,3,7-9,12-15H2,1-2H3,(H,21,24)/t16-/m1/s1. The highest BCUT2D eigenvalue weighted by Gasteiger charge is 2.27. The summed E-state index contributed by atoms with van der Waals surface area (Å²) in [5.74, 6) is 0.0573. The number of nitrogens with zero attached hydrogens (tertiary/aromatic N) is 1. The minimum atomic E-state index is -0.409. The minimum absolute atomic E-state index is 0.0144. The Labute approximate surface area is 145 Å². The van der Waals surface area contributed by atoms with E-state index < -0.39 is 6.04 Å². The van der Waals surface area contributed by atoms with Gasteiger partial charge in [0.1, 0.15) is 6.04 Å². The first-order valence-electron chi connectivity index (χ1n) is 9.25. The first-order valence-corrected chi connectivity index (χ1v) is 9.25. The lowest BCUT2D eigenvalue weighted by Crippen LogP contribution is -2.50. The van der Waals surface area contributed by atoms with Gasteiger partial charge in [0.25, 0.3) is 0 Å². The highest BCUT2D eigenvalue weighted by Crippen LogP contribution is 2.18. The van der Waals surface area contributed by atoms with Crippen LogP contribution in [0.1, 0.15) is 57.9 Å². The minimum Gasteiger partial charge on any atom is -0.352 e. The summed E-state index contributed by atoms with van der Waals surface area (Å²) in [4.78, 5) is 26.8. The molecule has 2 rings (SSSR count). The Morgan fingerprint density at radius 2 is 1.88 bits per heavy atom. The summed E-state index contributed by atoms with van der Waals surface area (Å²) < 4.78 is 0. The van der Waals surface area contributed by atoms with E-state index in [1.54, 1.807) is 4.90 Å². The molecule has 0 heterocycles. The van der Waals surface area contributed by atoms with Gasteiger partial charge in [0.2, 0.25) is 11.8 Å². The number of carbonyl (C=O) groups excluding carboxylic acids is 2. The number of hydrogen-bond acceptors (Lipinski definition) is 2. The first-order chi connectivity index (χ1) is 11.6. The fourth-order valence-electron chi connectivity index (χ4n) is 3.32. The van der Waals surface area contributed by atoms with Crippen LogP contribution < -0.4 is 5.32 Å². The van der Waals surface area contributed by atoms with E-state index in [1.807, 2.05) is 32.0 Å². The maximum Gasteiger partial charge on any atom is 0.242 e. The van der Waals surface area contributed by atoms with E-state index in [0.29, 0.717) is 13.0 Å². The number of rotatable bonds is 8. The fraction of sp³-hybridized carbons (Fsp3) is 0.600. The molecule has 0 bridgehead atoms. The third-order valence-corrected chi connectivity index (χ3v) is 4.82. The number of hydrogen-bond donors (Lipinski definition) is 1.